The molecule has 0 heterocycles. The van der Waals surface area contributed by atoms with E-state index in [0.29, 0.717) is 19.0 Å². The molecule has 102 valence electrons. The molecule has 0 aliphatic rings. The highest BCUT2D eigenvalue weighted by atomic mass is 16.5. The Kier molecular flexibility index (Phi) is 8.17. The number of hydrogen-bond donors (Lipinski definition) is 2. The molecule has 1 atom stereocenters. The van der Waals surface area contributed by atoms with E-state index in [9.17, 15) is 4.79 Å². The van der Waals surface area contributed by atoms with E-state index >= 15 is 0 Å². The highest BCUT2D eigenvalue weighted by Crippen LogP contribution is 2.09. The van der Waals surface area contributed by atoms with E-state index < -0.39 is 0 Å². The van der Waals surface area contributed by atoms with Crippen molar-refractivity contribution in [3.63, 3.8) is 0 Å². The first-order valence-electron chi connectivity index (χ1n) is 6.49. The molecule has 4 nitrogen and oxygen atoms in total. The Morgan fingerprint density at radius 1 is 1.35 bits per heavy atom. The second-order valence-electron chi connectivity index (χ2n) is 5.44. The first kappa shape index (κ1) is 16.4. The van der Waals surface area contributed by atoms with Gasteiger partial charge in [-0.25, -0.2) is 0 Å². The van der Waals surface area contributed by atoms with E-state index in [4.69, 9.17) is 10.5 Å². The standard InChI is InChI=1S/C13H28N2O2/c1-5-6-11(7-8-14)9-15-12(16)10-17-13(2,3)4/h11H,5-10,14H2,1-4H3,(H,15,16). The maximum Gasteiger partial charge on any atom is 0.246 e. The van der Waals surface area contributed by atoms with Crippen molar-refractivity contribution in [2.75, 3.05) is 19.7 Å². The predicted molar refractivity (Wildman–Crippen MR) is 70.8 cm³/mol. The SMILES string of the molecule is CCCC(CCN)CNC(=O)COC(C)(C)C. The van der Waals surface area contributed by atoms with Gasteiger partial charge in [-0.2, -0.15) is 0 Å². The Labute approximate surface area is 105 Å². The molecule has 0 rings (SSSR count). The number of nitrogens with two attached hydrogens (primary N) is 1. The summed E-state index contributed by atoms with van der Waals surface area (Å²) in [5, 5.41) is 2.91. The molecule has 0 saturated heterocycles. The van der Waals surface area contributed by atoms with E-state index in [2.05, 4.69) is 12.2 Å². The molecule has 1 unspecified atom stereocenters. The Bertz CT molecular complexity index is 206. The van der Waals surface area contributed by atoms with Crippen LogP contribution in [0.5, 0.6) is 0 Å². The second-order valence-corrected chi connectivity index (χ2v) is 5.44. The summed E-state index contributed by atoms with van der Waals surface area (Å²) < 4.78 is 5.41. The van der Waals surface area contributed by atoms with E-state index in [1.165, 1.54) is 0 Å². The van der Waals surface area contributed by atoms with Gasteiger partial charge in [-0.15, -0.1) is 0 Å². The molecule has 17 heavy (non-hydrogen) atoms. The van der Waals surface area contributed by atoms with Gasteiger partial charge in [0.05, 0.1) is 5.60 Å². The number of amides is 1. The lowest BCUT2D eigenvalue weighted by Gasteiger charge is -2.20. The summed E-state index contributed by atoms with van der Waals surface area (Å²) in [7, 11) is 0. The Morgan fingerprint density at radius 3 is 2.47 bits per heavy atom. The average Bonchev–Trinajstić information content (AvgIpc) is 2.23. The molecule has 4 heteroatoms. The van der Waals surface area contributed by atoms with Gasteiger partial charge < -0.3 is 15.8 Å². The van der Waals surface area contributed by atoms with E-state index in [1.807, 2.05) is 20.8 Å². The monoisotopic (exact) mass is 244 g/mol. The molecule has 0 bridgehead atoms. The van der Waals surface area contributed by atoms with Gasteiger partial charge in [0.25, 0.3) is 0 Å². The topological polar surface area (TPSA) is 64.3 Å². The lowest BCUT2D eigenvalue weighted by Crippen LogP contribution is -2.35. The van der Waals surface area contributed by atoms with Crippen molar-refractivity contribution in [3.8, 4) is 0 Å². The quantitative estimate of drug-likeness (QED) is 0.683. The van der Waals surface area contributed by atoms with Gasteiger partial charge in [0.2, 0.25) is 5.91 Å². The zero-order valence-electron chi connectivity index (χ0n) is 11.7. The summed E-state index contributed by atoms with van der Waals surface area (Å²) in [6, 6.07) is 0. The van der Waals surface area contributed by atoms with Crippen LogP contribution < -0.4 is 11.1 Å². The maximum atomic E-state index is 11.5. The molecule has 0 aliphatic heterocycles. The van der Waals surface area contributed by atoms with Gasteiger partial charge in [-0.1, -0.05) is 13.3 Å². The molecule has 3 N–H and O–H groups in total. The summed E-state index contributed by atoms with van der Waals surface area (Å²) in [6.45, 7) is 9.48. The first-order valence-corrected chi connectivity index (χ1v) is 6.49. The largest absolute Gasteiger partial charge is 0.366 e. The van der Waals surface area contributed by atoms with Crippen LogP contribution >= 0.6 is 0 Å². The minimum absolute atomic E-state index is 0.0435. The first-order chi connectivity index (χ1) is 7.89. The van der Waals surface area contributed by atoms with Crippen molar-refractivity contribution in [3.05, 3.63) is 0 Å². The second kappa shape index (κ2) is 8.48. The molecule has 0 aromatic heterocycles. The third-order valence-electron chi connectivity index (χ3n) is 2.50. The van der Waals surface area contributed by atoms with Gasteiger partial charge in [-0.3, -0.25) is 4.79 Å². The van der Waals surface area contributed by atoms with Crippen LogP contribution in [0.15, 0.2) is 0 Å². The number of nitrogens with one attached hydrogen (secondary N) is 1. The van der Waals surface area contributed by atoms with Crippen molar-refractivity contribution in [2.45, 2.75) is 52.6 Å². The van der Waals surface area contributed by atoms with Crippen LogP contribution in [-0.2, 0) is 9.53 Å². The van der Waals surface area contributed by atoms with Gasteiger partial charge in [-0.05, 0) is 46.1 Å². The van der Waals surface area contributed by atoms with Crippen LogP contribution in [0, 0.1) is 5.92 Å². The number of rotatable bonds is 8. The lowest BCUT2D eigenvalue weighted by molar-refractivity contribution is -0.130. The van der Waals surface area contributed by atoms with Crippen LogP contribution in [-0.4, -0.2) is 31.2 Å². The predicted octanol–water partition coefficient (Wildman–Crippen LogP) is 1.68. The van der Waals surface area contributed by atoms with Crippen molar-refractivity contribution < 1.29 is 9.53 Å². The molecule has 1 amide bonds. The summed E-state index contributed by atoms with van der Waals surface area (Å²) >= 11 is 0. The number of carbonyl (C=O) groups excluding carboxylic acids is 1. The molecular weight excluding hydrogens is 216 g/mol. The third-order valence-corrected chi connectivity index (χ3v) is 2.50. The van der Waals surface area contributed by atoms with Gasteiger partial charge in [0, 0.05) is 6.54 Å². The van der Waals surface area contributed by atoms with Crippen molar-refractivity contribution >= 4 is 5.91 Å². The van der Waals surface area contributed by atoms with E-state index in [-0.39, 0.29) is 18.1 Å². The highest BCUT2D eigenvalue weighted by Gasteiger charge is 2.14. The summed E-state index contributed by atoms with van der Waals surface area (Å²) in [5.74, 6) is 0.446. The average molecular weight is 244 g/mol. The molecule has 0 aliphatic carbocycles. The summed E-state index contributed by atoms with van der Waals surface area (Å²) in [6.07, 6.45) is 3.20. The molecule has 0 aromatic carbocycles. The van der Waals surface area contributed by atoms with Crippen LogP contribution in [0.4, 0.5) is 0 Å². The molecular formula is C13H28N2O2. The normalized spacial score (nSPS) is 13.5. The van der Waals surface area contributed by atoms with Crippen molar-refractivity contribution in [1.82, 2.24) is 5.32 Å². The fraction of sp³-hybridized carbons (Fsp3) is 0.923. The van der Waals surface area contributed by atoms with Crippen LogP contribution in [0.1, 0.15) is 47.0 Å². The molecule has 0 aromatic rings. The van der Waals surface area contributed by atoms with Crippen LogP contribution in [0.25, 0.3) is 0 Å². The maximum absolute atomic E-state index is 11.5. The van der Waals surface area contributed by atoms with Gasteiger partial charge >= 0.3 is 0 Å². The molecule has 0 saturated carbocycles. The Hall–Kier alpha value is -0.610. The Morgan fingerprint density at radius 2 is 2.00 bits per heavy atom. The highest BCUT2D eigenvalue weighted by molar-refractivity contribution is 5.77. The minimum atomic E-state index is -0.266. The molecule has 0 spiro atoms. The number of ether oxygens (including phenoxy) is 1. The zero-order chi connectivity index (χ0) is 13.3. The lowest BCUT2D eigenvalue weighted by atomic mass is 10.00. The van der Waals surface area contributed by atoms with Crippen LogP contribution in [0.2, 0.25) is 0 Å². The number of hydrogen-bond acceptors (Lipinski definition) is 3. The minimum Gasteiger partial charge on any atom is -0.366 e. The Balaban J connectivity index is 3.79. The third kappa shape index (κ3) is 10.3. The summed E-state index contributed by atoms with van der Waals surface area (Å²) in [4.78, 5) is 11.5. The fourth-order valence-electron chi connectivity index (χ4n) is 1.58. The number of carbonyl (C=O) groups is 1. The van der Waals surface area contributed by atoms with E-state index in [0.717, 1.165) is 19.3 Å². The summed E-state index contributed by atoms with van der Waals surface area (Å²) in [5.41, 5.74) is 5.28. The van der Waals surface area contributed by atoms with Crippen molar-refractivity contribution in [2.24, 2.45) is 11.7 Å². The zero-order valence-corrected chi connectivity index (χ0v) is 11.7. The smallest absolute Gasteiger partial charge is 0.246 e. The van der Waals surface area contributed by atoms with Gasteiger partial charge in [0.15, 0.2) is 0 Å². The molecule has 0 fully saturated rings. The van der Waals surface area contributed by atoms with Crippen LogP contribution in [0.3, 0.4) is 0 Å². The van der Waals surface area contributed by atoms with Crippen molar-refractivity contribution in [1.29, 1.82) is 0 Å². The van der Waals surface area contributed by atoms with E-state index in [1.54, 1.807) is 0 Å². The van der Waals surface area contributed by atoms with Gasteiger partial charge in [0.1, 0.15) is 6.61 Å². The molecule has 0 radical (unpaired) electrons. The fourth-order valence-corrected chi connectivity index (χ4v) is 1.58.